The molecule has 0 fully saturated rings. The fourth-order valence-electron chi connectivity index (χ4n) is 16.1. The first-order valence-electron chi connectivity index (χ1n) is 33.4. The highest BCUT2D eigenvalue weighted by molar-refractivity contribution is 7.03. The molecule has 0 radical (unpaired) electrons. The van der Waals surface area contributed by atoms with E-state index in [4.69, 9.17) is 8.83 Å². The Morgan fingerprint density at radius 2 is 0.653 bits per heavy atom. The molecule has 2 aliphatic rings. The number of anilines is 6. The number of aromatic nitrogens is 1. The number of hydrogen-bond acceptors (Lipinski definition) is 5. The van der Waals surface area contributed by atoms with Crippen LogP contribution in [-0.4, -0.2) is 11.3 Å². The van der Waals surface area contributed by atoms with E-state index in [0.717, 1.165) is 189 Å². The third kappa shape index (κ3) is 8.41. The van der Waals surface area contributed by atoms with Crippen molar-refractivity contribution in [3.63, 3.8) is 0 Å². The van der Waals surface area contributed by atoms with E-state index in [1.54, 1.807) is 0 Å². The maximum absolute atomic E-state index is 10.6. The molecule has 0 saturated carbocycles. The average Bonchev–Trinajstić information content (AvgIpc) is 1.03. The van der Waals surface area contributed by atoms with Gasteiger partial charge in [0.2, 0.25) is 0 Å². The second-order valence-electron chi connectivity index (χ2n) is 25.7. The number of furan rings is 2. The molecule has 0 bridgehead atoms. The maximum atomic E-state index is 10.6. The van der Waals surface area contributed by atoms with Gasteiger partial charge < -0.3 is 23.2 Å². The van der Waals surface area contributed by atoms with Crippen LogP contribution in [0.4, 0.5) is 34.1 Å². The lowest BCUT2D eigenvalue weighted by Gasteiger charge is -2.45. The molecule has 20 rings (SSSR count). The van der Waals surface area contributed by atoms with Gasteiger partial charge in [-0.05, 0) is 157 Å². The Kier molecular flexibility index (Phi) is 12.4. The summed E-state index contributed by atoms with van der Waals surface area (Å²) in [5, 5.41) is 16.8. The van der Waals surface area contributed by atoms with Gasteiger partial charge in [0.15, 0.2) is 0 Å². The highest BCUT2D eigenvalue weighted by Crippen LogP contribution is 2.55. The average molecular weight is 1250 g/mol. The molecule has 98 heavy (non-hydrogen) atoms. The number of nitriles is 1. The molecule has 15 aromatic carbocycles. The molecule has 5 heterocycles. The molecule has 3 aromatic heterocycles. The van der Waals surface area contributed by atoms with Crippen molar-refractivity contribution in [1.29, 1.82) is 5.26 Å². The summed E-state index contributed by atoms with van der Waals surface area (Å²) in [6, 6.07) is 123. The Morgan fingerprint density at radius 3 is 1.10 bits per heavy atom. The van der Waals surface area contributed by atoms with Crippen molar-refractivity contribution in [2.24, 2.45) is 0 Å². The number of nitrogens with zero attached hydrogens (tertiary/aromatic N) is 4. The molecule has 2 aliphatic heterocycles. The van der Waals surface area contributed by atoms with Gasteiger partial charge in [-0.2, -0.15) is 5.26 Å². The summed E-state index contributed by atoms with van der Waals surface area (Å²) in [7, 11) is 0. The molecule has 6 nitrogen and oxygen atoms in total. The zero-order valence-electron chi connectivity index (χ0n) is 52.9. The van der Waals surface area contributed by atoms with Crippen LogP contribution in [0.25, 0.3) is 138 Å². The minimum atomic E-state index is -0.517. The number of benzene rings is 15. The summed E-state index contributed by atoms with van der Waals surface area (Å²) < 4.78 is 17.9. The van der Waals surface area contributed by atoms with Crippen LogP contribution >= 0.6 is 0 Å². The molecule has 0 N–H and O–H groups in total. The highest BCUT2D eigenvalue weighted by atomic mass is 16.3. The minimum Gasteiger partial charge on any atom is -0.456 e. The quantitative estimate of drug-likeness (QED) is 0.135. The van der Waals surface area contributed by atoms with Crippen LogP contribution < -0.4 is 26.2 Å². The molecule has 0 amide bonds. The molecule has 0 unspecified atom stereocenters. The van der Waals surface area contributed by atoms with E-state index in [1.165, 1.54) is 0 Å². The Bertz CT molecular complexity index is 6000. The van der Waals surface area contributed by atoms with E-state index in [2.05, 4.69) is 342 Å². The Balaban J connectivity index is 1.02. The van der Waals surface area contributed by atoms with Gasteiger partial charge in [-0.3, -0.25) is 0 Å². The summed E-state index contributed by atoms with van der Waals surface area (Å²) in [5.74, 6) is 0. The van der Waals surface area contributed by atoms with Crippen molar-refractivity contribution in [3.8, 4) is 78.5 Å². The Morgan fingerprint density at radius 1 is 0.276 bits per heavy atom. The van der Waals surface area contributed by atoms with Gasteiger partial charge in [-0.1, -0.05) is 249 Å². The second-order valence-corrected chi connectivity index (χ2v) is 25.7. The molecular weight excluding hydrogens is 1190 g/mol. The van der Waals surface area contributed by atoms with E-state index in [-0.39, 0.29) is 0 Å². The van der Waals surface area contributed by atoms with Crippen LogP contribution in [0.1, 0.15) is 5.56 Å². The predicted octanol–water partition coefficient (Wildman–Crippen LogP) is 22.5. The van der Waals surface area contributed by atoms with Crippen LogP contribution in [0.5, 0.6) is 0 Å². The monoisotopic (exact) mass is 1250 g/mol. The first-order valence-corrected chi connectivity index (χ1v) is 33.4. The van der Waals surface area contributed by atoms with Gasteiger partial charge in [-0.25, -0.2) is 0 Å². The predicted molar refractivity (Wildman–Crippen MR) is 407 cm³/mol. The molecular formula is C91H55BN4O2. The molecule has 18 aromatic rings. The fourth-order valence-corrected chi connectivity index (χ4v) is 16.1. The Hall–Kier alpha value is -13.1. The topological polar surface area (TPSA) is 61.5 Å². The van der Waals surface area contributed by atoms with Crippen molar-refractivity contribution in [3.05, 3.63) is 339 Å². The smallest absolute Gasteiger partial charge is 0.261 e. The molecule has 454 valence electrons. The van der Waals surface area contributed by atoms with Gasteiger partial charge in [0, 0.05) is 66.2 Å². The summed E-state index contributed by atoms with van der Waals surface area (Å²) in [5.41, 5.74) is 28.9. The summed E-state index contributed by atoms with van der Waals surface area (Å²) >= 11 is 0. The van der Waals surface area contributed by atoms with Crippen LogP contribution in [0, 0.1) is 11.3 Å². The van der Waals surface area contributed by atoms with E-state index in [0.29, 0.717) is 5.56 Å². The van der Waals surface area contributed by atoms with Crippen LogP contribution in [0.15, 0.2) is 342 Å². The van der Waals surface area contributed by atoms with Gasteiger partial charge in [0.05, 0.1) is 39.7 Å². The zero-order chi connectivity index (χ0) is 64.5. The molecule has 0 saturated heterocycles. The van der Waals surface area contributed by atoms with Gasteiger partial charge in [0.25, 0.3) is 6.71 Å². The lowest BCUT2D eigenvalue weighted by atomic mass is 9.33. The summed E-state index contributed by atoms with van der Waals surface area (Å²) in [6.45, 7) is -0.517. The minimum absolute atomic E-state index is 0.517. The van der Waals surface area contributed by atoms with Crippen LogP contribution in [0.2, 0.25) is 0 Å². The van der Waals surface area contributed by atoms with Crippen LogP contribution in [-0.2, 0) is 0 Å². The third-order valence-corrected chi connectivity index (χ3v) is 20.4. The van der Waals surface area contributed by atoms with E-state index < -0.39 is 6.71 Å². The van der Waals surface area contributed by atoms with E-state index in [9.17, 15) is 5.26 Å². The van der Waals surface area contributed by atoms with E-state index >= 15 is 0 Å². The van der Waals surface area contributed by atoms with Crippen LogP contribution in [0.3, 0.4) is 0 Å². The first-order chi connectivity index (χ1) is 48.6. The largest absolute Gasteiger partial charge is 0.456 e. The standard InChI is InChI=1S/C91H55BN4O2/c93-56-57-43-46-78-74(49-57)67-37-19-22-40-75(67)94(78)66-52-79-87-80(53-66)96(77-48-45-65(59-27-9-2-10-28-59)51-71(77)61-31-13-4-14-32-61)82-55-73(63-35-17-6-18-36-63)86-69-39-21-24-42-84(69)98-91(86)89(82)92(87)88-81(54-72(62-33-15-5-16-34-62)85-68-38-20-23-41-83(68)97-90(85)88)95(79)76-47-44-64(58-25-7-1-8-26-58)50-70(76)60-29-11-3-12-30-60/h1-55H. The summed E-state index contributed by atoms with van der Waals surface area (Å²) in [6.07, 6.45) is 0. The normalized spacial score (nSPS) is 12.4. The molecule has 7 heteroatoms. The van der Waals surface area contributed by atoms with Crippen molar-refractivity contribution in [1.82, 2.24) is 4.57 Å². The molecule has 0 atom stereocenters. The number of para-hydroxylation sites is 3. The highest BCUT2D eigenvalue weighted by Gasteiger charge is 2.49. The van der Waals surface area contributed by atoms with Gasteiger partial charge >= 0.3 is 0 Å². The van der Waals surface area contributed by atoms with Gasteiger partial charge in [-0.15, -0.1) is 0 Å². The maximum Gasteiger partial charge on any atom is 0.261 e. The molecule has 0 aliphatic carbocycles. The van der Waals surface area contributed by atoms with Crippen molar-refractivity contribution >= 4 is 123 Å². The third-order valence-electron chi connectivity index (χ3n) is 20.4. The lowest BCUT2D eigenvalue weighted by Crippen LogP contribution is -2.61. The van der Waals surface area contributed by atoms with Crippen molar-refractivity contribution in [2.75, 3.05) is 9.80 Å². The van der Waals surface area contributed by atoms with Crippen molar-refractivity contribution in [2.45, 2.75) is 0 Å². The number of hydrogen-bond donors (Lipinski definition) is 0. The van der Waals surface area contributed by atoms with E-state index in [1.807, 2.05) is 12.1 Å². The number of rotatable bonds is 9. The zero-order valence-corrected chi connectivity index (χ0v) is 52.9. The number of fused-ring (bicyclic) bond motifs is 15. The molecule has 0 spiro atoms. The Labute approximate surface area is 565 Å². The lowest BCUT2D eigenvalue weighted by molar-refractivity contribution is 0.671. The van der Waals surface area contributed by atoms with Gasteiger partial charge in [0.1, 0.15) is 22.3 Å². The fraction of sp³-hybridized carbons (Fsp3) is 0. The first kappa shape index (κ1) is 55.3. The van der Waals surface area contributed by atoms with Crippen molar-refractivity contribution < 1.29 is 8.83 Å². The summed E-state index contributed by atoms with van der Waals surface area (Å²) in [4.78, 5) is 5.14. The SMILES string of the molecule is N#Cc1ccc2c(c1)c1ccccc1n2-c1cc2c3c(c1)N(c1ccc(-c4ccccc4)cc1-c1ccccc1)c1cc(-c4ccccc4)c4c(oc5ccccc54)c1B3c1c(cc(-c3ccccc3)c3c1oc1ccccc13)N2c1ccc(-c2ccccc2)cc1-c1ccccc1. The second kappa shape index (κ2) is 22.0.